The maximum atomic E-state index is 13.1. The predicted octanol–water partition coefficient (Wildman–Crippen LogP) is 4.67. The molecule has 0 spiro atoms. The van der Waals surface area contributed by atoms with E-state index >= 15 is 0 Å². The fourth-order valence-corrected chi connectivity index (χ4v) is 4.27. The molecule has 160 valence electrons. The average molecular weight is 416 g/mol. The molecular weight excluding hydrogens is 386 g/mol. The second kappa shape index (κ2) is 9.31. The third-order valence-corrected chi connectivity index (χ3v) is 5.97. The smallest absolute Gasteiger partial charge is 0.252 e. The van der Waals surface area contributed by atoms with Crippen LogP contribution in [-0.2, 0) is 4.79 Å². The van der Waals surface area contributed by atoms with Crippen LogP contribution >= 0.6 is 0 Å². The van der Waals surface area contributed by atoms with Crippen molar-refractivity contribution in [1.82, 2.24) is 10.2 Å². The van der Waals surface area contributed by atoms with Gasteiger partial charge in [0.2, 0.25) is 5.91 Å². The number of aryl methyl sites for hydroxylation is 1. The van der Waals surface area contributed by atoms with Crippen LogP contribution in [-0.4, -0.2) is 36.3 Å². The molecular formula is C26H29N3O2. The van der Waals surface area contributed by atoms with Crippen LogP contribution in [0.3, 0.4) is 0 Å². The number of nitrogens with zero attached hydrogens (tertiary/aromatic N) is 1. The Morgan fingerprint density at radius 2 is 1.74 bits per heavy atom. The number of carbonyl (C=O) groups is 2. The number of benzene rings is 3. The van der Waals surface area contributed by atoms with Gasteiger partial charge in [0.05, 0.1) is 12.6 Å². The van der Waals surface area contributed by atoms with Gasteiger partial charge < -0.3 is 10.6 Å². The Kier molecular flexibility index (Phi) is 6.33. The third kappa shape index (κ3) is 4.94. The number of amides is 2. The first-order valence-corrected chi connectivity index (χ1v) is 10.9. The van der Waals surface area contributed by atoms with Crippen LogP contribution in [0.25, 0.3) is 10.8 Å². The van der Waals surface area contributed by atoms with Crippen LogP contribution in [0.15, 0.2) is 60.7 Å². The van der Waals surface area contributed by atoms with Gasteiger partial charge in [0.25, 0.3) is 5.91 Å². The second-order valence-corrected chi connectivity index (χ2v) is 8.32. The molecule has 1 aliphatic rings. The van der Waals surface area contributed by atoms with Crippen molar-refractivity contribution >= 4 is 28.3 Å². The first-order valence-electron chi connectivity index (χ1n) is 10.9. The zero-order valence-corrected chi connectivity index (χ0v) is 18.2. The topological polar surface area (TPSA) is 61.4 Å². The van der Waals surface area contributed by atoms with E-state index in [0.29, 0.717) is 17.8 Å². The van der Waals surface area contributed by atoms with E-state index in [2.05, 4.69) is 39.8 Å². The summed E-state index contributed by atoms with van der Waals surface area (Å²) in [5.41, 5.74) is 3.18. The zero-order chi connectivity index (χ0) is 21.8. The van der Waals surface area contributed by atoms with Gasteiger partial charge in [-0.15, -0.1) is 0 Å². The SMILES string of the molecule is Cc1ccc(NC(=O)CN2CCCC2)cc1C(=O)N[C@H](C)c1cccc2ccccc12. The Morgan fingerprint density at radius 1 is 1.00 bits per heavy atom. The number of hydrogen-bond donors (Lipinski definition) is 2. The minimum Gasteiger partial charge on any atom is -0.345 e. The first kappa shape index (κ1) is 21.1. The molecule has 1 atom stereocenters. The van der Waals surface area contributed by atoms with Crippen LogP contribution in [0.4, 0.5) is 5.69 Å². The molecule has 0 bridgehead atoms. The lowest BCUT2D eigenvalue weighted by atomic mass is 9.99. The van der Waals surface area contributed by atoms with Crippen molar-refractivity contribution in [2.24, 2.45) is 0 Å². The van der Waals surface area contributed by atoms with E-state index in [9.17, 15) is 9.59 Å². The van der Waals surface area contributed by atoms with Crippen molar-refractivity contribution in [3.63, 3.8) is 0 Å². The predicted molar refractivity (Wildman–Crippen MR) is 125 cm³/mol. The van der Waals surface area contributed by atoms with E-state index in [4.69, 9.17) is 0 Å². The summed E-state index contributed by atoms with van der Waals surface area (Å²) >= 11 is 0. The lowest BCUT2D eigenvalue weighted by Crippen LogP contribution is -2.31. The van der Waals surface area contributed by atoms with Crippen molar-refractivity contribution in [2.45, 2.75) is 32.7 Å². The molecule has 1 heterocycles. The molecule has 5 nitrogen and oxygen atoms in total. The monoisotopic (exact) mass is 415 g/mol. The molecule has 3 aromatic carbocycles. The highest BCUT2D eigenvalue weighted by molar-refractivity contribution is 5.99. The van der Waals surface area contributed by atoms with Gasteiger partial charge in [0, 0.05) is 11.3 Å². The second-order valence-electron chi connectivity index (χ2n) is 8.32. The molecule has 2 amide bonds. The van der Waals surface area contributed by atoms with Gasteiger partial charge in [0.15, 0.2) is 0 Å². The summed E-state index contributed by atoms with van der Waals surface area (Å²) < 4.78 is 0. The minimum absolute atomic E-state index is 0.0405. The normalized spacial score (nSPS) is 15.0. The van der Waals surface area contributed by atoms with Crippen LogP contribution in [0.1, 0.15) is 47.3 Å². The van der Waals surface area contributed by atoms with Gasteiger partial charge >= 0.3 is 0 Å². The zero-order valence-electron chi connectivity index (χ0n) is 18.2. The summed E-state index contributed by atoms with van der Waals surface area (Å²) in [6.07, 6.45) is 2.30. The van der Waals surface area contributed by atoms with E-state index in [1.54, 1.807) is 6.07 Å². The lowest BCUT2D eigenvalue weighted by molar-refractivity contribution is -0.117. The van der Waals surface area contributed by atoms with Crippen LogP contribution in [0, 0.1) is 6.92 Å². The highest BCUT2D eigenvalue weighted by Gasteiger charge is 2.18. The van der Waals surface area contributed by atoms with Crippen LogP contribution in [0.2, 0.25) is 0 Å². The van der Waals surface area contributed by atoms with Crippen molar-refractivity contribution < 1.29 is 9.59 Å². The highest BCUT2D eigenvalue weighted by Crippen LogP contribution is 2.25. The molecule has 31 heavy (non-hydrogen) atoms. The maximum Gasteiger partial charge on any atom is 0.252 e. The molecule has 0 radical (unpaired) electrons. The van der Waals surface area contributed by atoms with Gasteiger partial charge in [-0.2, -0.15) is 0 Å². The fraction of sp³-hybridized carbons (Fsp3) is 0.308. The number of carbonyl (C=O) groups excluding carboxylic acids is 2. The summed E-state index contributed by atoms with van der Waals surface area (Å²) in [6.45, 7) is 6.25. The summed E-state index contributed by atoms with van der Waals surface area (Å²) in [4.78, 5) is 27.6. The molecule has 1 aliphatic heterocycles. The average Bonchev–Trinajstić information content (AvgIpc) is 3.27. The Balaban J connectivity index is 1.47. The van der Waals surface area contributed by atoms with Crippen molar-refractivity contribution in [3.8, 4) is 0 Å². The molecule has 4 rings (SSSR count). The minimum atomic E-state index is -0.147. The molecule has 0 aromatic heterocycles. The summed E-state index contributed by atoms with van der Waals surface area (Å²) in [7, 11) is 0. The Hall–Kier alpha value is -3.18. The standard InChI is InChI=1S/C26H29N3O2/c1-18-12-13-21(28-25(30)17-29-14-5-6-15-29)16-24(18)26(31)27-19(2)22-11-7-9-20-8-3-4-10-23(20)22/h3-4,7-13,16,19H,5-6,14-15,17H2,1-2H3,(H,27,31)(H,28,30)/t19-/m1/s1. The van der Waals surface area contributed by atoms with Crippen molar-refractivity contribution in [2.75, 3.05) is 25.0 Å². The summed E-state index contributed by atoms with van der Waals surface area (Å²) in [5, 5.41) is 8.35. The number of fused-ring (bicyclic) bond motifs is 1. The number of nitrogens with one attached hydrogen (secondary N) is 2. The largest absolute Gasteiger partial charge is 0.345 e. The molecule has 0 saturated carbocycles. The summed E-state index contributed by atoms with van der Waals surface area (Å²) in [5.74, 6) is -0.185. The third-order valence-electron chi connectivity index (χ3n) is 5.97. The van der Waals surface area contributed by atoms with Crippen molar-refractivity contribution in [3.05, 3.63) is 77.4 Å². The van der Waals surface area contributed by atoms with Crippen LogP contribution < -0.4 is 10.6 Å². The molecule has 5 heteroatoms. The van der Waals surface area contributed by atoms with E-state index in [1.165, 1.54) is 0 Å². The van der Waals surface area contributed by atoms with Gasteiger partial charge in [-0.05, 0) is 73.8 Å². The van der Waals surface area contributed by atoms with Gasteiger partial charge in [-0.1, -0.05) is 48.5 Å². The van der Waals surface area contributed by atoms with Crippen molar-refractivity contribution in [1.29, 1.82) is 0 Å². The van der Waals surface area contributed by atoms with Gasteiger partial charge in [-0.3, -0.25) is 14.5 Å². The number of anilines is 1. The molecule has 0 unspecified atom stereocenters. The Morgan fingerprint density at radius 3 is 2.55 bits per heavy atom. The van der Waals surface area contributed by atoms with Gasteiger partial charge in [0.1, 0.15) is 0 Å². The van der Waals surface area contributed by atoms with Crippen LogP contribution in [0.5, 0.6) is 0 Å². The molecule has 2 N–H and O–H groups in total. The number of rotatable bonds is 6. The van der Waals surface area contributed by atoms with E-state index in [-0.39, 0.29) is 17.9 Å². The number of hydrogen-bond acceptors (Lipinski definition) is 3. The fourth-order valence-electron chi connectivity index (χ4n) is 4.27. The molecule has 1 saturated heterocycles. The first-order chi connectivity index (χ1) is 15.0. The Labute approximate surface area is 183 Å². The quantitative estimate of drug-likeness (QED) is 0.615. The molecule has 0 aliphatic carbocycles. The summed E-state index contributed by atoms with van der Waals surface area (Å²) in [6, 6.07) is 19.7. The van der Waals surface area contributed by atoms with Gasteiger partial charge in [-0.25, -0.2) is 0 Å². The number of likely N-dealkylation sites (tertiary alicyclic amines) is 1. The Bertz CT molecular complexity index is 1100. The van der Waals surface area contributed by atoms with E-state index in [1.807, 2.05) is 44.2 Å². The molecule has 1 fully saturated rings. The highest BCUT2D eigenvalue weighted by atomic mass is 16.2. The molecule has 3 aromatic rings. The lowest BCUT2D eigenvalue weighted by Gasteiger charge is -2.18. The maximum absolute atomic E-state index is 13.1. The van der Waals surface area contributed by atoms with E-state index < -0.39 is 0 Å². The van der Waals surface area contributed by atoms with E-state index in [0.717, 1.165) is 47.8 Å².